The topological polar surface area (TPSA) is 67.4 Å². The Balaban J connectivity index is 1.95. The number of carbonyl (C=O) groups excluding carboxylic acids is 2. The van der Waals surface area contributed by atoms with Crippen LogP contribution in [0.5, 0.6) is 5.75 Å². The monoisotopic (exact) mass is 294 g/mol. The quantitative estimate of drug-likeness (QED) is 0.866. The highest BCUT2D eigenvalue weighted by Gasteiger charge is 2.25. The number of para-hydroxylation sites is 2. The lowest BCUT2D eigenvalue weighted by Gasteiger charge is -2.21. The van der Waals surface area contributed by atoms with Crippen molar-refractivity contribution in [2.24, 2.45) is 0 Å². The van der Waals surface area contributed by atoms with Crippen LogP contribution >= 0.6 is 11.8 Å². The molecular weight excluding hydrogens is 276 g/mol. The summed E-state index contributed by atoms with van der Waals surface area (Å²) in [5.74, 6) is 1.25. The minimum Gasteiger partial charge on any atom is -0.492 e. The largest absolute Gasteiger partial charge is 0.492 e. The maximum Gasteiger partial charge on any atom is 0.233 e. The third kappa shape index (κ3) is 3.90. The van der Waals surface area contributed by atoms with Crippen LogP contribution in [0.1, 0.15) is 13.3 Å². The highest BCUT2D eigenvalue weighted by atomic mass is 32.2. The summed E-state index contributed by atoms with van der Waals surface area (Å²) in [6.45, 7) is 3.10. The zero-order chi connectivity index (χ0) is 14.4. The van der Waals surface area contributed by atoms with Crippen LogP contribution in [-0.4, -0.2) is 36.0 Å². The Labute approximate surface area is 122 Å². The summed E-state index contributed by atoms with van der Waals surface area (Å²) in [6.07, 6.45) is 0.178. The Hall–Kier alpha value is -1.69. The number of rotatable bonds is 5. The van der Waals surface area contributed by atoms with Crippen LogP contribution in [0.25, 0.3) is 0 Å². The number of hydrogen-bond donors (Lipinski definition) is 2. The van der Waals surface area contributed by atoms with Crippen LogP contribution in [0.3, 0.4) is 0 Å². The highest BCUT2D eigenvalue weighted by Crippen LogP contribution is 2.25. The smallest absolute Gasteiger partial charge is 0.233 e. The van der Waals surface area contributed by atoms with Gasteiger partial charge in [0.05, 0.1) is 17.5 Å². The first kappa shape index (κ1) is 14.7. The average molecular weight is 294 g/mol. The van der Waals surface area contributed by atoms with Gasteiger partial charge in [-0.05, 0) is 19.1 Å². The van der Waals surface area contributed by atoms with E-state index in [-0.39, 0.29) is 23.5 Å². The number of amides is 2. The highest BCUT2D eigenvalue weighted by molar-refractivity contribution is 8.00. The molecule has 0 saturated carbocycles. The van der Waals surface area contributed by atoms with Crippen LogP contribution in [0.15, 0.2) is 24.3 Å². The summed E-state index contributed by atoms with van der Waals surface area (Å²) < 4.78 is 5.45. The van der Waals surface area contributed by atoms with Gasteiger partial charge < -0.3 is 15.4 Å². The first-order valence-electron chi connectivity index (χ1n) is 6.61. The molecule has 0 aromatic heterocycles. The molecule has 20 heavy (non-hydrogen) atoms. The number of hydrogen-bond acceptors (Lipinski definition) is 4. The number of ether oxygens (including phenoxy) is 1. The van der Waals surface area contributed by atoms with Crippen molar-refractivity contribution < 1.29 is 14.3 Å². The number of carbonyl (C=O) groups is 2. The van der Waals surface area contributed by atoms with E-state index in [9.17, 15) is 9.59 Å². The van der Waals surface area contributed by atoms with Crippen molar-refractivity contribution >= 4 is 29.3 Å². The summed E-state index contributed by atoms with van der Waals surface area (Å²) in [4.78, 5) is 23.6. The molecule has 1 atom stereocenters. The molecule has 6 heteroatoms. The van der Waals surface area contributed by atoms with Crippen molar-refractivity contribution in [2.45, 2.75) is 18.6 Å². The van der Waals surface area contributed by atoms with E-state index in [1.54, 1.807) is 12.1 Å². The minimum absolute atomic E-state index is 0.0607. The van der Waals surface area contributed by atoms with Crippen molar-refractivity contribution in [1.82, 2.24) is 5.32 Å². The number of thioether (sulfide) groups is 1. The number of benzene rings is 1. The van der Waals surface area contributed by atoms with Crippen LogP contribution in [-0.2, 0) is 9.59 Å². The fourth-order valence-corrected chi connectivity index (χ4v) is 2.95. The van der Waals surface area contributed by atoms with Gasteiger partial charge in [-0.2, -0.15) is 0 Å². The molecule has 2 amide bonds. The van der Waals surface area contributed by atoms with Crippen molar-refractivity contribution in [3.05, 3.63) is 24.3 Å². The van der Waals surface area contributed by atoms with Gasteiger partial charge >= 0.3 is 0 Å². The van der Waals surface area contributed by atoms with E-state index in [4.69, 9.17) is 4.74 Å². The number of anilines is 1. The van der Waals surface area contributed by atoms with Gasteiger partial charge in [0.15, 0.2) is 0 Å². The maximum absolute atomic E-state index is 12.0. The van der Waals surface area contributed by atoms with E-state index in [2.05, 4.69) is 10.6 Å². The SMILES string of the molecule is CCOc1ccccc1NC(=O)C[C@H]1SCCNC1=O. The fraction of sp³-hybridized carbons (Fsp3) is 0.429. The number of nitrogens with one attached hydrogen (secondary N) is 2. The third-order valence-corrected chi connectivity index (χ3v) is 4.07. The van der Waals surface area contributed by atoms with Crippen molar-refractivity contribution in [3.8, 4) is 5.75 Å². The summed E-state index contributed by atoms with van der Waals surface area (Å²) >= 11 is 1.52. The molecule has 0 aliphatic carbocycles. The maximum atomic E-state index is 12.0. The summed E-state index contributed by atoms with van der Waals surface area (Å²) in [5.41, 5.74) is 0.639. The minimum atomic E-state index is -0.303. The van der Waals surface area contributed by atoms with Gasteiger partial charge in [0.1, 0.15) is 5.75 Å². The first-order valence-corrected chi connectivity index (χ1v) is 7.66. The van der Waals surface area contributed by atoms with Crippen molar-refractivity contribution in [2.75, 3.05) is 24.2 Å². The lowest BCUT2D eigenvalue weighted by atomic mass is 10.2. The molecule has 1 aromatic rings. The van der Waals surface area contributed by atoms with Gasteiger partial charge in [-0.25, -0.2) is 0 Å². The van der Waals surface area contributed by atoms with Crippen LogP contribution in [0.4, 0.5) is 5.69 Å². The molecule has 2 N–H and O–H groups in total. The Kier molecular flexibility index (Phi) is 5.29. The van der Waals surface area contributed by atoms with Gasteiger partial charge in [-0.1, -0.05) is 12.1 Å². The van der Waals surface area contributed by atoms with E-state index < -0.39 is 0 Å². The fourth-order valence-electron chi connectivity index (χ4n) is 1.94. The molecule has 5 nitrogen and oxygen atoms in total. The summed E-state index contributed by atoms with van der Waals surface area (Å²) in [5, 5.41) is 5.27. The molecule has 0 unspecified atom stereocenters. The Morgan fingerprint density at radius 3 is 3.05 bits per heavy atom. The first-order chi connectivity index (χ1) is 9.70. The van der Waals surface area contributed by atoms with Crippen molar-refractivity contribution in [3.63, 3.8) is 0 Å². The van der Waals surface area contributed by atoms with Crippen LogP contribution in [0, 0.1) is 0 Å². The molecular formula is C14H18N2O3S. The van der Waals surface area contributed by atoms with E-state index in [0.29, 0.717) is 24.6 Å². The standard InChI is InChI=1S/C14H18N2O3S/c1-2-19-11-6-4-3-5-10(11)16-13(17)9-12-14(18)15-7-8-20-12/h3-6,12H,2,7-9H2,1H3,(H,15,18)(H,16,17)/t12-/m1/s1. The van der Waals surface area contributed by atoms with Gasteiger partial charge in [0.25, 0.3) is 0 Å². The lowest BCUT2D eigenvalue weighted by molar-refractivity contribution is -0.123. The molecule has 1 saturated heterocycles. The van der Waals surface area contributed by atoms with Crippen molar-refractivity contribution in [1.29, 1.82) is 0 Å². The normalized spacial score (nSPS) is 18.2. The molecule has 1 aromatic carbocycles. The predicted octanol–water partition coefficient (Wildman–Crippen LogP) is 1.65. The molecule has 108 valence electrons. The van der Waals surface area contributed by atoms with Gasteiger partial charge in [-0.3, -0.25) is 9.59 Å². The molecule has 1 aliphatic heterocycles. The molecule has 0 spiro atoms. The lowest BCUT2D eigenvalue weighted by Crippen LogP contribution is -2.40. The van der Waals surface area contributed by atoms with E-state index in [0.717, 1.165) is 5.75 Å². The van der Waals surface area contributed by atoms with Crippen LogP contribution < -0.4 is 15.4 Å². The summed E-state index contributed by atoms with van der Waals surface area (Å²) in [7, 11) is 0. The van der Waals surface area contributed by atoms with Gasteiger partial charge in [-0.15, -0.1) is 11.8 Å². The van der Waals surface area contributed by atoms with Gasteiger partial charge in [0, 0.05) is 18.7 Å². The third-order valence-electron chi connectivity index (χ3n) is 2.84. The molecule has 1 heterocycles. The Morgan fingerprint density at radius 2 is 2.30 bits per heavy atom. The average Bonchev–Trinajstić information content (AvgIpc) is 2.44. The molecule has 0 radical (unpaired) electrons. The molecule has 1 aliphatic rings. The second-order valence-corrected chi connectivity index (χ2v) is 5.64. The van der Waals surface area contributed by atoms with E-state index >= 15 is 0 Å². The second-order valence-electron chi connectivity index (χ2n) is 4.33. The second kappa shape index (κ2) is 7.19. The van der Waals surface area contributed by atoms with E-state index in [1.165, 1.54) is 11.8 Å². The molecule has 0 bridgehead atoms. The van der Waals surface area contributed by atoms with Crippen LogP contribution in [0.2, 0.25) is 0 Å². The van der Waals surface area contributed by atoms with E-state index in [1.807, 2.05) is 19.1 Å². The molecule has 1 fully saturated rings. The zero-order valence-corrected chi connectivity index (χ0v) is 12.2. The molecule has 2 rings (SSSR count). The Bertz CT molecular complexity index is 493. The predicted molar refractivity (Wildman–Crippen MR) is 80.1 cm³/mol. The zero-order valence-electron chi connectivity index (χ0n) is 11.3. The van der Waals surface area contributed by atoms with Gasteiger partial charge in [0.2, 0.25) is 11.8 Å². The summed E-state index contributed by atoms with van der Waals surface area (Å²) in [6, 6.07) is 7.28. The Morgan fingerprint density at radius 1 is 1.50 bits per heavy atom.